The Labute approximate surface area is 312 Å². The Bertz CT molecular complexity index is 3160. The van der Waals surface area contributed by atoms with Gasteiger partial charge in [0.2, 0.25) is 0 Å². The largest absolute Gasteiger partial charge is 0.309 e. The highest BCUT2D eigenvalue weighted by Crippen LogP contribution is 2.60. The number of fused-ring (bicyclic) bond motifs is 12. The maximum absolute atomic E-state index is 2.52. The van der Waals surface area contributed by atoms with E-state index in [0.717, 1.165) is 17.1 Å². The first kappa shape index (κ1) is 29.5. The zero-order chi connectivity index (χ0) is 35.4. The predicted octanol–water partition coefficient (Wildman–Crippen LogP) is 12.9. The van der Waals surface area contributed by atoms with Crippen molar-refractivity contribution in [3.63, 3.8) is 0 Å². The summed E-state index contributed by atoms with van der Waals surface area (Å²) in [6, 6.07) is 73.6. The summed E-state index contributed by atoms with van der Waals surface area (Å²) in [5, 5.41) is 3.80. The average Bonchev–Trinajstić information content (AvgIpc) is 3.96. The van der Waals surface area contributed by atoms with Gasteiger partial charge in [0, 0.05) is 27.4 Å². The lowest BCUT2D eigenvalue weighted by molar-refractivity contribution is 0.768. The second kappa shape index (κ2) is 11.0. The molecule has 3 heteroatoms. The van der Waals surface area contributed by atoms with Crippen molar-refractivity contribution in [1.29, 1.82) is 0 Å². The fraction of sp³-hybridized carbons (Fsp3) is 0.0196. The number of benzene rings is 8. The summed E-state index contributed by atoms with van der Waals surface area (Å²) >= 11 is 0. The van der Waals surface area contributed by atoms with Crippen LogP contribution in [-0.2, 0) is 5.41 Å². The topological polar surface area (TPSA) is 12.1 Å². The standard InChI is InChI=1S/C51H33N3/c1-4-18-34(19-5-1)51(35-20-6-2-7-21-35)39-26-12-10-24-37(39)47-40(51)27-16-31-44(47)52(36-22-8-3-9-23-36)45-32-17-33-46-49(45)48-38-25-11-13-28-41(38)53-42-29-14-15-30-43(42)54(46)50(48)53/h1-33H. The van der Waals surface area contributed by atoms with Crippen LogP contribution in [0.1, 0.15) is 22.3 Å². The van der Waals surface area contributed by atoms with Crippen LogP contribution in [0.15, 0.2) is 200 Å². The molecule has 0 bridgehead atoms. The van der Waals surface area contributed by atoms with Gasteiger partial charge in [0.15, 0.2) is 0 Å². The molecule has 11 aromatic rings. The first-order valence-electron chi connectivity index (χ1n) is 18.7. The Kier molecular flexibility index (Phi) is 5.98. The number of hydrogen-bond acceptors (Lipinski definition) is 1. The molecule has 0 fully saturated rings. The van der Waals surface area contributed by atoms with Crippen LogP contribution in [0.25, 0.3) is 55.0 Å². The lowest BCUT2D eigenvalue weighted by atomic mass is 9.68. The van der Waals surface area contributed by atoms with Crippen molar-refractivity contribution in [2.24, 2.45) is 0 Å². The molecule has 0 spiro atoms. The van der Waals surface area contributed by atoms with Crippen LogP contribution in [0.5, 0.6) is 0 Å². The molecule has 0 unspecified atom stereocenters. The predicted molar refractivity (Wildman–Crippen MR) is 224 cm³/mol. The minimum atomic E-state index is -0.493. The third-order valence-electron chi connectivity index (χ3n) is 11.9. The fourth-order valence-electron chi connectivity index (χ4n) is 9.93. The molecule has 54 heavy (non-hydrogen) atoms. The van der Waals surface area contributed by atoms with Crippen LogP contribution < -0.4 is 4.90 Å². The summed E-state index contributed by atoms with van der Waals surface area (Å²) in [5.41, 5.74) is 16.7. The van der Waals surface area contributed by atoms with Gasteiger partial charge in [-0.15, -0.1) is 0 Å². The molecule has 0 amide bonds. The Balaban J connectivity index is 1.24. The third kappa shape index (κ3) is 3.65. The normalized spacial score (nSPS) is 13.3. The van der Waals surface area contributed by atoms with E-state index in [1.807, 2.05) is 0 Å². The summed E-state index contributed by atoms with van der Waals surface area (Å²) in [6.45, 7) is 0. The minimum absolute atomic E-state index is 0.493. The van der Waals surface area contributed by atoms with Gasteiger partial charge in [0.05, 0.1) is 38.9 Å². The summed E-state index contributed by atoms with van der Waals surface area (Å²) in [7, 11) is 0. The number of imidazole rings is 1. The molecule has 252 valence electrons. The molecule has 0 saturated carbocycles. The molecule has 0 atom stereocenters. The highest BCUT2D eigenvalue weighted by Gasteiger charge is 2.47. The minimum Gasteiger partial charge on any atom is -0.309 e. The highest BCUT2D eigenvalue weighted by molar-refractivity contribution is 6.27. The molecule has 3 heterocycles. The van der Waals surface area contributed by atoms with E-state index in [-0.39, 0.29) is 0 Å². The molecule has 12 rings (SSSR count). The Morgan fingerprint density at radius 1 is 0.370 bits per heavy atom. The second-order valence-electron chi connectivity index (χ2n) is 14.4. The number of aromatic nitrogens is 2. The third-order valence-corrected chi connectivity index (χ3v) is 11.9. The van der Waals surface area contributed by atoms with Crippen molar-refractivity contribution in [2.45, 2.75) is 5.41 Å². The van der Waals surface area contributed by atoms with E-state index in [1.54, 1.807) is 0 Å². The van der Waals surface area contributed by atoms with Crippen molar-refractivity contribution < 1.29 is 0 Å². The lowest BCUT2D eigenvalue weighted by Gasteiger charge is -2.34. The summed E-state index contributed by atoms with van der Waals surface area (Å²) < 4.78 is 4.94. The van der Waals surface area contributed by atoms with E-state index in [9.17, 15) is 0 Å². The fourth-order valence-corrected chi connectivity index (χ4v) is 9.93. The van der Waals surface area contributed by atoms with Crippen LogP contribution in [0.4, 0.5) is 17.1 Å². The Hall–Kier alpha value is -7.10. The number of rotatable bonds is 5. The number of para-hydroxylation sites is 4. The van der Waals surface area contributed by atoms with Crippen LogP contribution in [0.3, 0.4) is 0 Å². The van der Waals surface area contributed by atoms with E-state index >= 15 is 0 Å². The zero-order valence-corrected chi connectivity index (χ0v) is 29.4. The van der Waals surface area contributed by atoms with Crippen molar-refractivity contribution in [2.75, 3.05) is 4.90 Å². The van der Waals surface area contributed by atoms with Gasteiger partial charge in [-0.25, -0.2) is 0 Å². The quantitative estimate of drug-likeness (QED) is 0.175. The molecule has 0 saturated heterocycles. The summed E-state index contributed by atoms with van der Waals surface area (Å²) in [6.07, 6.45) is 0. The number of anilines is 3. The first-order valence-corrected chi connectivity index (χ1v) is 18.7. The first-order chi connectivity index (χ1) is 26.9. The molecular weight excluding hydrogens is 655 g/mol. The van der Waals surface area contributed by atoms with Crippen molar-refractivity contribution in [1.82, 2.24) is 8.80 Å². The van der Waals surface area contributed by atoms with Gasteiger partial charge in [0.1, 0.15) is 5.65 Å². The van der Waals surface area contributed by atoms with E-state index < -0.39 is 5.41 Å². The van der Waals surface area contributed by atoms with Crippen molar-refractivity contribution >= 4 is 60.9 Å². The van der Waals surface area contributed by atoms with Gasteiger partial charge in [-0.2, -0.15) is 0 Å². The summed E-state index contributed by atoms with van der Waals surface area (Å²) in [5.74, 6) is 0. The van der Waals surface area contributed by atoms with Gasteiger partial charge in [-0.05, 0) is 76.3 Å². The maximum Gasteiger partial charge on any atom is 0.131 e. The van der Waals surface area contributed by atoms with Gasteiger partial charge < -0.3 is 4.90 Å². The molecule has 0 N–H and O–H groups in total. The number of hydrogen-bond donors (Lipinski definition) is 0. The zero-order valence-electron chi connectivity index (χ0n) is 29.4. The van der Waals surface area contributed by atoms with Gasteiger partial charge >= 0.3 is 0 Å². The van der Waals surface area contributed by atoms with Gasteiger partial charge in [-0.1, -0.05) is 152 Å². The Morgan fingerprint density at radius 3 is 1.61 bits per heavy atom. The molecule has 0 aliphatic heterocycles. The second-order valence-corrected chi connectivity index (χ2v) is 14.4. The monoisotopic (exact) mass is 687 g/mol. The highest BCUT2D eigenvalue weighted by atomic mass is 15.2. The van der Waals surface area contributed by atoms with Crippen LogP contribution in [0.2, 0.25) is 0 Å². The smallest absolute Gasteiger partial charge is 0.131 e. The van der Waals surface area contributed by atoms with E-state index in [4.69, 9.17) is 0 Å². The molecule has 3 aromatic heterocycles. The molecule has 3 nitrogen and oxygen atoms in total. The van der Waals surface area contributed by atoms with Crippen LogP contribution in [-0.4, -0.2) is 8.80 Å². The van der Waals surface area contributed by atoms with E-state index in [1.165, 1.54) is 77.3 Å². The lowest BCUT2D eigenvalue weighted by Crippen LogP contribution is -2.28. The Morgan fingerprint density at radius 2 is 0.889 bits per heavy atom. The molecule has 0 radical (unpaired) electrons. The molecular formula is C51H33N3. The molecule has 8 aromatic carbocycles. The van der Waals surface area contributed by atoms with Gasteiger partial charge in [-0.3, -0.25) is 8.80 Å². The van der Waals surface area contributed by atoms with Crippen molar-refractivity contribution in [3.8, 4) is 11.1 Å². The molecule has 1 aliphatic rings. The van der Waals surface area contributed by atoms with Crippen LogP contribution in [0, 0.1) is 0 Å². The van der Waals surface area contributed by atoms with E-state index in [0.29, 0.717) is 0 Å². The van der Waals surface area contributed by atoms with Crippen LogP contribution >= 0.6 is 0 Å². The molecule has 1 aliphatic carbocycles. The average molecular weight is 688 g/mol. The van der Waals surface area contributed by atoms with Gasteiger partial charge in [0.25, 0.3) is 0 Å². The van der Waals surface area contributed by atoms with Crippen molar-refractivity contribution in [3.05, 3.63) is 222 Å². The SMILES string of the molecule is c1ccc(N(c2cccc3c2-c2ccccc2C3(c2ccccc2)c2ccccc2)c2cccc3c2c2c4ccccc4n4c5ccccc5n3c24)cc1. The maximum atomic E-state index is 2.52. The summed E-state index contributed by atoms with van der Waals surface area (Å²) in [4.78, 5) is 2.52. The number of nitrogens with zero attached hydrogens (tertiary/aromatic N) is 3. The van der Waals surface area contributed by atoms with E-state index in [2.05, 4.69) is 214 Å².